The van der Waals surface area contributed by atoms with Gasteiger partial charge in [0.25, 0.3) is 0 Å². The van der Waals surface area contributed by atoms with Gasteiger partial charge < -0.3 is 0 Å². The van der Waals surface area contributed by atoms with Crippen LogP contribution in [0, 0.1) is 5.82 Å². The summed E-state index contributed by atoms with van der Waals surface area (Å²) in [7, 11) is 0. The molecule has 1 aromatic rings. The topological polar surface area (TPSA) is 20.3 Å². The molecule has 0 aliphatic carbocycles. The van der Waals surface area contributed by atoms with Crippen molar-refractivity contribution in [2.75, 3.05) is 13.1 Å². The molecule has 94 valence electrons. The standard InChI is InChI=1S/C14H20FNO/c1-4-10-16(5-2)11(3)14(17)12-6-8-13(15)9-7-12/h6-9,11H,4-5,10H2,1-3H3. The average molecular weight is 237 g/mol. The molecule has 0 fully saturated rings. The first-order valence-electron chi connectivity index (χ1n) is 6.14. The molecule has 1 atom stereocenters. The van der Waals surface area contributed by atoms with Crippen LogP contribution < -0.4 is 0 Å². The Morgan fingerprint density at radius 2 is 1.88 bits per heavy atom. The summed E-state index contributed by atoms with van der Waals surface area (Å²) < 4.78 is 12.8. The predicted molar refractivity (Wildman–Crippen MR) is 67.7 cm³/mol. The highest BCUT2D eigenvalue weighted by molar-refractivity contribution is 5.99. The number of hydrogen-bond acceptors (Lipinski definition) is 2. The number of rotatable bonds is 6. The van der Waals surface area contributed by atoms with E-state index >= 15 is 0 Å². The van der Waals surface area contributed by atoms with Crippen molar-refractivity contribution in [3.8, 4) is 0 Å². The van der Waals surface area contributed by atoms with Gasteiger partial charge in [-0.1, -0.05) is 13.8 Å². The van der Waals surface area contributed by atoms with Crippen LogP contribution in [0.4, 0.5) is 4.39 Å². The fourth-order valence-corrected chi connectivity index (χ4v) is 1.93. The van der Waals surface area contributed by atoms with Gasteiger partial charge >= 0.3 is 0 Å². The smallest absolute Gasteiger partial charge is 0.179 e. The SMILES string of the molecule is CCCN(CC)C(C)C(=O)c1ccc(F)cc1. The zero-order valence-corrected chi connectivity index (χ0v) is 10.7. The number of halogens is 1. The molecule has 0 spiro atoms. The van der Waals surface area contributed by atoms with Crippen molar-refractivity contribution in [3.05, 3.63) is 35.6 Å². The summed E-state index contributed by atoms with van der Waals surface area (Å²) in [5.41, 5.74) is 0.577. The molecule has 0 heterocycles. The van der Waals surface area contributed by atoms with Gasteiger partial charge in [0.2, 0.25) is 0 Å². The minimum Gasteiger partial charge on any atom is -0.294 e. The Morgan fingerprint density at radius 1 is 1.29 bits per heavy atom. The summed E-state index contributed by atoms with van der Waals surface area (Å²) in [6.45, 7) is 7.80. The van der Waals surface area contributed by atoms with E-state index in [1.54, 1.807) is 12.1 Å². The largest absolute Gasteiger partial charge is 0.294 e. The molecule has 0 bridgehead atoms. The highest BCUT2D eigenvalue weighted by atomic mass is 19.1. The number of ketones is 1. The van der Waals surface area contributed by atoms with Crippen LogP contribution in [-0.2, 0) is 0 Å². The lowest BCUT2D eigenvalue weighted by atomic mass is 10.0. The van der Waals surface area contributed by atoms with Crippen molar-refractivity contribution >= 4 is 5.78 Å². The average Bonchev–Trinajstić information content (AvgIpc) is 2.35. The van der Waals surface area contributed by atoms with Gasteiger partial charge in [-0.05, 0) is 50.7 Å². The predicted octanol–water partition coefficient (Wildman–Crippen LogP) is 3.13. The molecule has 1 aromatic carbocycles. The van der Waals surface area contributed by atoms with Crippen molar-refractivity contribution in [1.82, 2.24) is 4.90 Å². The highest BCUT2D eigenvalue weighted by Crippen LogP contribution is 2.10. The Kier molecular flexibility index (Phi) is 5.29. The molecule has 0 aliphatic heterocycles. The Bertz CT molecular complexity index is 361. The Morgan fingerprint density at radius 3 is 2.35 bits per heavy atom. The first-order chi connectivity index (χ1) is 8.10. The molecule has 0 aliphatic rings. The zero-order valence-electron chi connectivity index (χ0n) is 10.7. The van der Waals surface area contributed by atoms with E-state index in [9.17, 15) is 9.18 Å². The van der Waals surface area contributed by atoms with Gasteiger partial charge in [-0.2, -0.15) is 0 Å². The first kappa shape index (κ1) is 13.8. The Labute approximate surface area is 102 Å². The van der Waals surface area contributed by atoms with E-state index in [4.69, 9.17) is 0 Å². The number of nitrogens with zero attached hydrogens (tertiary/aromatic N) is 1. The summed E-state index contributed by atoms with van der Waals surface area (Å²) in [5.74, 6) is -0.254. The second-order valence-corrected chi connectivity index (χ2v) is 4.18. The van der Waals surface area contributed by atoms with Gasteiger partial charge in [0, 0.05) is 5.56 Å². The summed E-state index contributed by atoms with van der Waals surface area (Å²) in [4.78, 5) is 14.3. The number of carbonyl (C=O) groups excluding carboxylic acids is 1. The molecule has 2 nitrogen and oxygen atoms in total. The second kappa shape index (κ2) is 6.50. The minimum atomic E-state index is -0.310. The van der Waals surface area contributed by atoms with E-state index in [-0.39, 0.29) is 17.6 Å². The molecule has 0 saturated carbocycles. The Balaban J connectivity index is 2.77. The summed E-state index contributed by atoms with van der Waals surface area (Å²) in [6, 6.07) is 5.61. The zero-order chi connectivity index (χ0) is 12.8. The van der Waals surface area contributed by atoms with Crippen molar-refractivity contribution in [2.45, 2.75) is 33.2 Å². The van der Waals surface area contributed by atoms with Crippen LogP contribution in [-0.4, -0.2) is 29.8 Å². The molecular formula is C14H20FNO. The van der Waals surface area contributed by atoms with E-state index in [1.165, 1.54) is 12.1 Å². The molecule has 17 heavy (non-hydrogen) atoms. The van der Waals surface area contributed by atoms with Crippen LogP contribution >= 0.6 is 0 Å². The maximum absolute atomic E-state index is 12.8. The van der Waals surface area contributed by atoms with Crippen LogP contribution in [0.1, 0.15) is 37.6 Å². The number of benzene rings is 1. The van der Waals surface area contributed by atoms with Gasteiger partial charge in [0.05, 0.1) is 6.04 Å². The maximum Gasteiger partial charge on any atom is 0.179 e. The second-order valence-electron chi connectivity index (χ2n) is 4.18. The van der Waals surface area contributed by atoms with E-state index < -0.39 is 0 Å². The number of likely N-dealkylation sites (N-methyl/N-ethyl adjacent to an activating group) is 1. The molecule has 1 rings (SSSR count). The highest BCUT2D eigenvalue weighted by Gasteiger charge is 2.20. The summed E-state index contributed by atoms with van der Waals surface area (Å²) in [6.07, 6.45) is 1.02. The first-order valence-corrected chi connectivity index (χ1v) is 6.14. The molecule has 1 unspecified atom stereocenters. The van der Waals surface area contributed by atoms with E-state index in [0.29, 0.717) is 5.56 Å². The van der Waals surface area contributed by atoms with Gasteiger partial charge in [-0.25, -0.2) is 4.39 Å². The molecule has 0 N–H and O–H groups in total. The Hall–Kier alpha value is -1.22. The summed E-state index contributed by atoms with van der Waals surface area (Å²) >= 11 is 0. The lowest BCUT2D eigenvalue weighted by molar-refractivity contribution is 0.0845. The third kappa shape index (κ3) is 3.63. The molecular weight excluding hydrogens is 217 g/mol. The molecule has 0 amide bonds. The van der Waals surface area contributed by atoms with Crippen molar-refractivity contribution < 1.29 is 9.18 Å². The molecule has 0 radical (unpaired) electrons. The monoisotopic (exact) mass is 237 g/mol. The van der Waals surface area contributed by atoms with Crippen molar-refractivity contribution in [2.24, 2.45) is 0 Å². The third-order valence-corrected chi connectivity index (χ3v) is 2.97. The third-order valence-electron chi connectivity index (χ3n) is 2.97. The normalized spacial score (nSPS) is 12.8. The van der Waals surface area contributed by atoms with Crippen LogP contribution in [0.3, 0.4) is 0 Å². The van der Waals surface area contributed by atoms with Gasteiger partial charge in [-0.15, -0.1) is 0 Å². The number of carbonyl (C=O) groups is 1. The molecule has 3 heteroatoms. The fourth-order valence-electron chi connectivity index (χ4n) is 1.93. The van der Waals surface area contributed by atoms with Gasteiger partial charge in [0.15, 0.2) is 5.78 Å². The van der Waals surface area contributed by atoms with Crippen molar-refractivity contribution in [3.63, 3.8) is 0 Å². The van der Waals surface area contributed by atoms with Crippen LogP contribution in [0.2, 0.25) is 0 Å². The van der Waals surface area contributed by atoms with Gasteiger partial charge in [0.1, 0.15) is 5.82 Å². The molecule has 0 saturated heterocycles. The van der Waals surface area contributed by atoms with Crippen molar-refractivity contribution in [1.29, 1.82) is 0 Å². The van der Waals surface area contributed by atoms with Crippen LogP contribution in [0.5, 0.6) is 0 Å². The molecule has 0 aromatic heterocycles. The number of Topliss-reactive ketones (excluding diaryl/α,β-unsaturated/α-hetero) is 1. The lowest BCUT2D eigenvalue weighted by Gasteiger charge is -2.26. The van der Waals surface area contributed by atoms with Crippen LogP contribution in [0.25, 0.3) is 0 Å². The maximum atomic E-state index is 12.8. The summed E-state index contributed by atoms with van der Waals surface area (Å²) in [5, 5.41) is 0. The van der Waals surface area contributed by atoms with E-state index in [2.05, 4.69) is 11.8 Å². The number of hydrogen-bond donors (Lipinski definition) is 0. The lowest BCUT2D eigenvalue weighted by Crippen LogP contribution is -2.39. The van der Waals surface area contributed by atoms with E-state index in [0.717, 1.165) is 19.5 Å². The fraction of sp³-hybridized carbons (Fsp3) is 0.500. The van der Waals surface area contributed by atoms with Gasteiger partial charge in [-0.3, -0.25) is 9.69 Å². The minimum absolute atomic E-state index is 0.0558. The quantitative estimate of drug-likeness (QED) is 0.708. The van der Waals surface area contributed by atoms with Crippen LogP contribution in [0.15, 0.2) is 24.3 Å². The van der Waals surface area contributed by atoms with E-state index in [1.807, 2.05) is 13.8 Å².